The Hall–Kier alpha value is -3.23. The molecule has 0 radical (unpaired) electrons. The smallest absolute Gasteiger partial charge is 0.264 e. The monoisotopic (exact) mass is 474 g/mol. The summed E-state index contributed by atoms with van der Waals surface area (Å²) in [5.74, 6) is 0.408. The minimum Gasteiger partial charge on any atom is -0.493 e. The predicted molar refractivity (Wildman–Crippen MR) is 125 cm³/mol. The van der Waals surface area contributed by atoms with E-state index in [2.05, 4.69) is 5.32 Å². The van der Waals surface area contributed by atoms with Gasteiger partial charge in [0.2, 0.25) is 5.91 Å². The number of rotatable bonds is 8. The quantitative estimate of drug-likeness (QED) is 0.519. The van der Waals surface area contributed by atoms with Gasteiger partial charge in [0.25, 0.3) is 10.0 Å². The minimum atomic E-state index is -4.03. The highest BCUT2D eigenvalue weighted by Crippen LogP contribution is 2.30. The Balaban J connectivity index is 1.92. The SMILES string of the molecule is COc1ccc(NC(=O)CN(c2cccc(Cl)c2)S(=O)(=O)c2ccc(C)cc2)cc1OC. The zero-order valence-electron chi connectivity index (χ0n) is 17.8. The van der Waals surface area contributed by atoms with Gasteiger partial charge in [0, 0.05) is 16.8 Å². The largest absolute Gasteiger partial charge is 0.493 e. The molecule has 0 saturated heterocycles. The molecule has 7 nitrogen and oxygen atoms in total. The number of anilines is 2. The van der Waals surface area contributed by atoms with Crippen LogP contribution in [0, 0.1) is 6.92 Å². The second kappa shape index (κ2) is 9.93. The second-order valence-electron chi connectivity index (χ2n) is 6.92. The van der Waals surface area contributed by atoms with Crippen molar-refractivity contribution < 1.29 is 22.7 Å². The van der Waals surface area contributed by atoms with Crippen molar-refractivity contribution >= 4 is 38.9 Å². The van der Waals surface area contributed by atoms with Crippen LogP contribution >= 0.6 is 11.6 Å². The Kier molecular flexibility index (Phi) is 7.27. The Morgan fingerprint density at radius 2 is 1.66 bits per heavy atom. The molecule has 168 valence electrons. The van der Waals surface area contributed by atoms with Gasteiger partial charge in [-0.15, -0.1) is 0 Å². The molecule has 0 aromatic heterocycles. The molecule has 3 aromatic carbocycles. The molecule has 32 heavy (non-hydrogen) atoms. The summed E-state index contributed by atoms with van der Waals surface area (Å²) in [5.41, 5.74) is 1.64. The summed E-state index contributed by atoms with van der Waals surface area (Å²) in [7, 11) is -1.04. The molecule has 0 aliphatic carbocycles. The van der Waals surface area contributed by atoms with Crippen LogP contribution in [0.2, 0.25) is 5.02 Å². The molecule has 3 aromatic rings. The van der Waals surface area contributed by atoms with Crippen LogP contribution in [0.4, 0.5) is 11.4 Å². The predicted octanol–water partition coefficient (Wildman–Crippen LogP) is 4.50. The highest BCUT2D eigenvalue weighted by molar-refractivity contribution is 7.92. The molecule has 0 unspecified atom stereocenters. The van der Waals surface area contributed by atoms with Crippen molar-refractivity contribution in [2.45, 2.75) is 11.8 Å². The molecule has 0 saturated carbocycles. The van der Waals surface area contributed by atoms with Gasteiger partial charge in [-0.05, 0) is 49.4 Å². The average molecular weight is 475 g/mol. The topological polar surface area (TPSA) is 84.9 Å². The standard InChI is InChI=1S/C23H23ClN2O5S/c1-16-7-10-20(11-8-16)32(28,29)26(19-6-4-5-17(24)13-19)15-23(27)25-18-9-12-21(30-2)22(14-18)31-3/h4-14H,15H2,1-3H3,(H,25,27). The van der Waals surface area contributed by atoms with Crippen molar-refractivity contribution in [3.63, 3.8) is 0 Å². The first-order valence-corrected chi connectivity index (χ1v) is 11.4. The number of methoxy groups -OCH3 is 2. The van der Waals surface area contributed by atoms with E-state index >= 15 is 0 Å². The molecular formula is C23H23ClN2O5S. The summed E-state index contributed by atoms with van der Waals surface area (Å²) in [4.78, 5) is 12.9. The number of benzene rings is 3. The number of hydrogen-bond donors (Lipinski definition) is 1. The van der Waals surface area contributed by atoms with Crippen molar-refractivity contribution in [1.82, 2.24) is 0 Å². The fraction of sp³-hybridized carbons (Fsp3) is 0.174. The van der Waals surface area contributed by atoms with Gasteiger partial charge in [0.15, 0.2) is 11.5 Å². The number of carbonyl (C=O) groups excluding carboxylic acids is 1. The number of amides is 1. The summed E-state index contributed by atoms with van der Waals surface area (Å²) in [6.07, 6.45) is 0. The van der Waals surface area contributed by atoms with Crippen LogP contribution in [-0.4, -0.2) is 35.1 Å². The van der Waals surface area contributed by atoms with Crippen LogP contribution in [0.1, 0.15) is 5.56 Å². The minimum absolute atomic E-state index is 0.0713. The van der Waals surface area contributed by atoms with Crippen molar-refractivity contribution in [2.75, 3.05) is 30.4 Å². The van der Waals surface area contributed by atoms with Crippen molar-refractivity contribution in [1.29, 1.82) is 0 Å². The van der Waals surface area contributed by atoms with E-state index in [0.717, 1.165) is 9.87 Å². The lowest BCUT2D eigenvalue weighted by Gasteiger charge is -2.24. The summed E-state index contributed by atoms with van der Waals surface area (Å²) in [6.45, 7) is 1.41. The van der Waals surface area contributed by atoms with Gasteiger partial charge in [0.05, 0.1) is 24.8 Å². The first-order chi connectivity index (χ1) is 15.2. The number of carbonyl (C=O) groups is 1. The third kappa shape index (κ3) is 5.33. The zero-order chi connectivity index (χ0) is 23.3. The van der Waals surface area contributed by atoms with E-state index in [1.807, 2.05) is 6.92 Å². The fourth-order valence-electron chi connectivity index (χ4n) is 3.03. The summed E-state index contributed by atoms with van der Waals surface area (Å²) >= 11 is 6.09. The number of hydrogen-bond acceptors (Lipinski definition) is 5. The Morgan fingerprint density at radius 1 is 0.969 bits per heavy atom. The van der Waals surface area contributed by atoms with Gasteiger partial charge in [-0.25, -0.2) is 8.42 Å². The molecule has 0 bridgehead atoms. The molecular weight excluding hydrogens is 452 g/mol. The van der Waals surface area contributed by atoms with Gasteiger partial charge >= 0.3 is 0 Å². The number of aryl methyl sites for hydroxylation is 1. The van der Waals surface area contributed by atoms with Crippen LogP contribution in [0.15, 0.2) is 71.6 Å². The molecule has 0 fully saturated rings. The number of sulfonamides is 1. The van der Waals surface area contributed by atoms with E-state index in [4.69, 9.17) is 21.1 Å². The Labute approximate surface area is 192 Å². The first kappa shape index (κ1) is 23.4. The van der Waals surface area contributed by atoms with E-state index in [0.29, 0.717) is 22.2 Å². The summed E-state index contributed by atoms with van der Waals surface area (Å²) < 4.78 is 38.3. The molecule has 0 aliphatic rings. The molecule has 0 atom stereocenters. The lowest BCUT2D eigenvalue weighted by molar-refractivity contribution is -0.114. The van der Waals surface area contributed by atoms with Gasteiger partial charge in [0.1, 0.15) is 6.54 Å². The average Bonchev–Trinajstić information content (AvgIpc) is 2.77. The number of nitrogens with zero attached hydrogens (tertiary/aromatic N) is 1. The molecule has 0 aliphatic heterocycles. The lowest BCUT2D eigenvalue weighted by Crippen LogP contribution is -2.38. The number of halogens is 1. The molecule has 1 N–H and O–H groups in total. The van der Waals surface area contributed by atoms with Gasteiger partial charge in [-0.1, -0.05) is 35.4 Å². The number of nitrogens with one attached hydrogen (secondary N) is 1. The maximum Gasteiger partial charge on any atom is 0.264 e. The van der Waals surface area contributed by atoms with Crippen LogP contribution in [0.3, 0.4) is 0 Å². The third-order valence-electron chi connectivity index (χ3n) is 4.66. The highest BCUT2D eigenvalue weighted by Gasteiger charge is 2.27. The Bertz CT molecular complexity index is 1210. The van der Waals surface area contributed by atoms with Gasteiger partial charge in [-0.2, -0.15) is 0 Å². The second-order valence-corrected chi connectivity index (χ2v) is 9.22. The molecule has 0 heterocycles. The van der Waals surface area contributed by atoms with Crippen LogP contribution in [-0.2, 0) is 14.8 Å². The highest BCUT2D eigenvalue weighted by atomic mass is 35.5. The van der Waals surface area contributed by atoms with E-state index in [1.165, 1.54) is 32.4 Å². The normalized spacial score (nSPS) is 11.0. The number of ether oxygens (including phenoxy) is 2. The third-order valence-corrected chi connectivity index (χ3v) is 6.68. The molecule has 3 rings (SSSR count). The maximum atomic E-state index is 13.4. The van der Waals surface area contributed by atoms with Crippen molar-refractivity contribution in [3.05, 3.63) is 77.3 Å². The molecule has 1 amide bonds. The van der Waals surface area contributed by atoms with Crippen LogP contribution < -0.4 is 19.1 Å². The maximum absolute atomic E-state index is 13.4. The van der Waals surface area contributed by atoms with Crippen molar-refractivity contribution in [3.8, 4) is 11.5 Å². The first-order valence-electron chi connectivity index (χ1n) is 9.61. The van der Waals surface area contributed by atoms with E-state index in [9.17, 15) is 13.2 Å². The van der Waals surface area contributed by atoms with E-state index in [1.54, 1.807) is 48.5 Å². The van der Waals surface area contributed by atoms with Gasteiger partial charge in [-0.3, -0.25) is 9.10 Å². The van der Waals surface area contributed by atoms with E-state index < -0.39 is 22.5 Å². The van der Waals surface area contributed by atoms with E-state index in [-0.39, 0.29) is 10.6 Å². The van der Waals surface area contributed by atoms with Crippen molar-refractivity contribution in [2.24, 2.45) is 0 Å². The summed E-state index contributed by atoms with van der Waals surface area (Å²) in [6, 6.07) is 17.6. The summed E-state index contributed by atoms with van der Waals surface area (Å²) in [5, 5.41) is 3.06. The van der Waals surface area contributed by atoms with Gasteiger partial charge < -0.3 is 14.8 Å². The fourth-order valence-corrected chi connectivity index (χ4v) is 4.63. The zero-order valence-corrected chi connectivity index (χ0v) is 19.4. The van der Waals surface area contributed by atoms with Crippen LogP contribution in [0.5, 0.6) is 11.5 Å². The molecule has 0 spiro atoms. The molecule has 9 heteroatoms. The Morgan fingerprint density at radius 3 is 2.28 bits per heavy atom. The lowest BCUT2D eigenvalue weighted by atomic mass is 10.2. The van der Waals surface area contributed by atoms with Crippen LogP contribution in [0.25, 0.3) is 0 Å².